The molecule has 7 rings (SSSR count). The summed E-state index contributed by atoms with van der Waals surface area (Å²) in [7, 11) is 8.47. The SMILES string of the molecule is COC(=O)c1ccc2c(=O)c3c(OC)cc(OC)c4c5c(OC)cc(OC)c6c(=O)c7ccc(C(=O)OC)cc7c(c65)c(c2c1)c34. The molecule has 0 heterocycles. The zero-order valence-electron chi connectivity index (χ0n) is 25.7. The maximum absolute atomic E-state index is 14.4. The highest BCUT2D eigenvalue weighted by Crippen LogP contribution is 2.53. The molecule has 10 nitrogen and oxygen atoms in total. The molecule has 0 aliphatic rings. The Morgan fingerprint density at radius 3 is 1.09 bits per heavy atom. The molecule has 0 fully saturated rings. The molecule has 0 bridgehead atoms. The first-order valence-electron chi connectivity index (χ1n) is 14.1. The topological polar surface area (TPSA) is 124 Å². The van der Waals surface area contributed by atoms with Gasteiger partial charge in [0.2, 0.25) is 0 Å². The molecule has 10 heteroatoms. The fourth-order valence-electron chi connectivity index (χ4n) is 6.81. The van der Waals surface area contributed by atoms with Crippen molar-refractivity contribution in [3.63, 3.8) is 0 Å². The van der Waals surface area contributed by atoms with Crippen LogP contribution in [-0.2, 0) is 9.47 Å². The lowest BCUT2D eigenvalue weighted by molar-refractivity contribution is 0.0592. The van der Waals surface area contributed by atoms with Crippen LogP contribution in [0.3, 0.4) is 0 Å². The summed E-state index contributed by atoms with van der Waals surface area (Å²) in [5.74, 6) is 0.0745. The molecule has 7 aromatic carbocycles. The van der Waals surface area contributed by atoms with Gasteiger partial charge in [0, 0.05) is 44.5 Å². The maximum Gasteiger partial charge on any atom is 0.337 e. The summed E-state index contributed by atoms with van der Waals surface area (Å²) in [6.07, 6.45) is 0. The van der Waals surface area contributed by atoms with Gasteiger partial charge in [-0.15, -0.1) is 0 Å². The Morgan fingerprint density at radius 2 is 0.761 bits per heavy atom. The second-order valence-corrected chi connectivity index (χ2v) is 10.7. The molecule has 0 aliphatic carbocycles. The third kappa shape index (κ3) is 3.64. The van der Waals surface area contributed by atoms with Crippen LogP contribution in [0.1, 0.15) is 20.7 Å². The third-order valence-corrected chi connectivity index (χ3v) is 8.75. The van der Waals surface area contributed by atoms with Crippen molar-refractivity contribution in [2.45, 2.75) is 0 Å². The number of fused-ring (bicyclic) bond motifs is 6. The van der Waals surface area contributed by atoms with E-state index >= 15 is 0 Å². The van der Waals surface area contributed by atoms with Gasteiger partial charge in [-0.2, -0.15) is 0 Å². The Balaban J connectivity index is 2.00. The standard InChI is InChI=1S/C36H26O10/c1-41-21-13-23(43-3)29-31-25(19-11-15(35(39)45-5)7-9-17(19)33(29)37)26-20-12-16(36(40)46-6)8-10-18(20)34(38)30-24(44-4)14-22(42-2)28(27(21)31)32(26)30/h7-14H,1-6H3. The van der Waals surface area contributed by atoms with Crippen molar-refractivity contribution in [3.05, 3.63) is 80.1 Å². The molecular formula is C36H26O10. The van der Waals surface area contributed by atoms with Crippen LogP contribution in [0.15, 0.2) is 58.1 Å². The third-order valence-electron chi connectivity index (χ3n) is 8.75. The zero-order valence-corrected chi connectivity index (χ0v) is 25.7. The number of ether oxygens (including phenoxy) is 6. The highest BCUT2D eigenvalue weighted by molar-refractivity contribution is 6.44. The summed E-state index contributed by atoms with van der Waals surface area (Å²) in [5.41, 5.74) is -0.241. The van der Waals surface area contributed by atoms with Crippen molar-refractivity contribution in [2.75, 3.05) is 42.7 Å². The van der Waals surface area contributed by atoms with E-state index in [1.165, 1.54) is 54.8 Å². The van der Waals surface area contributed by atoms with Gasteiger partial charge in [0.25, 0.3) is 0 Å². The monoisotopic (exact) mass is 618 g/mol. The van der Waals surface area contributed by atoms with Crippen molar-refractivity contribution in [1.82, 2.24) is 0 Å². The minimum Gasteiger partial charge on any atom is -0.496 e. The van der Waals surface area contributed by atoms with Crippen LogP contribution in [0.2, 0.25) is 0 Å². The molecule has 0 unspecified atom stereocenters. The van der Waals surface area contributed by atoms with Gasteiger partial charge in [-0.25, -0.2) is 9.59 Å². The van der Waals surface area contributed by atoms with Crippen LogP contribution in [0.5, 0.6) is 23.0 Å². The van der Waals surface area contributed by atoms with E-state index in [9.17, 15) is 19.2 Å². The van der Waals surface area contributed by atoms with E-state index in [1.54, 1.807) is 36.4 Å². The molecule has 0 radical (unpaired) electrons. The van der Waals surface area contributed by atoms with Gasteiger partial charge in [0.15, 0.2) is 10.9 Å². The van der Waals surface area contributed by atoms with Crippen molar-refractivity contribution < 1.29 is 38.0 Å². The molecule has 230 valence electrons. The van der Waals surface area contributed by atoms with Gasteiger partial charge < -0.3 is 28.4 Å². The highest BCUT2D eigenvalue weighted by atomic mass is 16.5. The molecule has 0 amide bonds. The van der Waals surface area contributed by atoms with Gasteiger partial charge in [-0.1, -0.05) is 0 Å². The van der Waals surface area contributed by atoms with Crippen LogP contribution in [0, 0.1) is 0 Å². The predicted octanol–water partition coefficient (Wildman–Crippen LogP) is 5.81. The lowest BCUT2D eigenvalue weighted by Gasteiger charge is -2.23. The number of methoxy groups -OCH3 is 6. The first-order chi connectivity index (χ1) is 22.2. The van der Waals surface area contributed by atoms with Crippen molar-refractivity contribution in [3.8, 4) is 23.0 Å². The number of rotatable bonds is 6. The molecule has 0 saturated heterocycles. The first-order valence-corrected chi connectivity index (χ1v) is 14.1. The second kappa shape index (κ2) is 10.3. The Morgan fingerprint density at radius 1 is 0.413 bits per heavy atom. The number of hydrogen-bond donors (Lipinski definition) is 0. The lowest BCUT2D eigenvalue weighted by Crippen LogP contribution is -2.11. The average Bonchev–Trinajstić information content (AvgIpc) is 3.10. The number of benzene rings is 7. The van der Waals surface area contributed by atoms with Crippen molar-refractivity contribution in [2.24, 2.45) is 0 Å². The highest BCUT2D eigenvalue weighted by Gasteiger charge is 2.29. The molecule has 0 aromatic heterocycles. The van der Waals surface area contributed by atoms with Crippen LogP contribution in [0.25, 0.3) is 64.6 Å². The largest absolute Gasteiger partial charge is 0.496 e. The van der Waals surface area contributed by atoms with Crippen LogP contribution >= 0.6 is 0 Å². The Labute approximate surface area is 260 Å². The van der Waals surface area contributed by atoms with Gasteiger partial charge >= 0.3 is 11.9 Å². The van der Waals surface area contributed by atoms with E-state index in [-0.39, 0.29) is 44.3 Å². The van der Waals surface area contributed by atoms with E-state index in [4.69, 9.17) is 28.4 Å². The second-order valence-electron chi connectivity index (χ2n) is 10.7. The minimum atomic E-state index is -0.595. The van der Waals surface area contributed by atoms with Gasteiger partial charge in [-0.05, 0) is 57.9 Å². The molecule has 0 atom stereocenters. The van der Waals surface area contributed by atoms with E-state index in [2.05, 4.69) is 0 Å². The van der Waals surface area contributed by atoms with E-state index in [0.29, 0.717) is 65.4 Å². The Bertz CT molecular complexity index is 2390. The van der Waals surface area contributed by atoms with Gasteiger partial charge in [-0.3, -0.25) is 9.59 Å². The van der Waals surface area contributed by atoms with Gasteiger partial charge in [0.05, 0.1) is 64.6 Å². The molecule has 7 aromatic rings. The first kappa shape index (κ1) is 28.8. The Hall–Kier alpha value is -5.90. The normalized spacial score (nSPS) is 11.6. The van der Waals surface area contributed by atoms with E-state index in [1.807, 2.05) is 0 Å². The maximum atomic E-state index is 14.4. The van der Waals surface area contributed by atoms with Crippen LogP contribution in [0.4, 0.5) is 0 Å². The number of hydrogen-bond acceptors (Lipinski definition) is 10. The number of carbonyl (C=O) groups is 2. The summed E-state index contributed by atoms with van der Waals surface area (Å²) in [6, 6.07) is 12.7. The summed E-state index contributed by atoms with van der Waals surface area (Å²) in [6.45, 7) is 0. The summed E-state index contributed by atoms with van der Waals surface area (Å²) in [4.78, 5) is 54.3. The molecule has 0 spiro atoms. The average molecular weight is 619 g/mol. The summed E-state index contributed by atoms with van der Waals surface area (Å²) < 4.78 is 33.4. The van der Waals surface area contributed by atoms with Crippen molar-refractivity contribution in [1.29, 1.82) is 0 Å². The van der Waals surface area contributed by atoms with Gasteiger partial charge in [0.1, 0.15) is 23.0 Å². The molecule has 0 N–H and O–H groups in total. The van der Waals surface area contributed by atoms with Crippen LogP contribution in [-0.4, -0.2) is 54.6 Å². The fraction of sp³-hybridized carbons (Fsp3) is 0.167. The van der Waals surface area contributed by atoms with Crippen LogP contribution < -0.4 is 29.8 Å². The quantitative estimate of drug-likeness (QED) is 0.128. The molecule has 46 heavy (non-hydrogen) atoms. The van der Waals surface area contributed by atoms with E-state index in [0.717, 1.165) is 0 Å². The minimum absolute atomic E-state index is 0.215. The summed E-state index contributed by atoms with van der Waals surface area (Å²) in [5, 5.41) is 4.99. The molecule has 0 aliphatic heterocycles. The Kier molecular flexibility index (Phi) is 6.48. The lowest BCUT2D eigenvalue weighted by atomic mass is 9.83. The fourth-order valence-corrected chi connectivity index (χ4v) is 6.81. The number of esters is 2. The molecule has 0 saturated carbocycles. The predicted molar refractivity (Wildman–Crippen MR) is 175 cm³/mol. The number of carbonyl (C=O) groups excluding carboxylic acids is 2. The molecular weight excluding hydrogens is 592 g/mol. The van der Waals surface area contributed by atoms with E-state index < -0.39 is 11.9 Å². The smallest absolute Gasteiger partial charge is 0.337 e. The zero-order chi connectivity index (χ0) is 32.6. The summed E-state index contributed by atoms with van der Waals surface area (Å²) >= 11 is 0. The van der Waals surface area contributed by atoms with Crippen molar-refractivity contribution >= 4 is 76.6 Å².